The molecule has 120 valence electrons. The van der Waals surface area contributed by atoms with Gasteiger partial charge in [0, 0.05) is 16.9 Å². The first-order valence-electron chi connectivity index (χ1n) is 7.66. The topological polar surface area (TPSA) is 41.1 Å². The Kier molecular flexibility index (Phi) is 4.87. The van der Waals surface area contributed by atoms with Crippen molar-refractivity contribution in [2.24, 2.45) is 0 Å². The molecule has 0 fully saturated rings. The summed E-state index contributed by atoms with van der Waals surface area (Å²) in [6.07, 6.45) is 0. The minimum Gasteiger partial charge on any atom is -0.376 e. The van der Waals surface area contributed by atoms with Crippen LogP contribution in [0.1, 0.15) is 0 Å². The number of carbonyl (C=O) groups is 1. The van der Waals surface area contributed by atoms with Gasteiger partial charge in [-0.2, -0.15) is 0 Å². The Morgan fingerprint density at radius 2 is 1.50 bits per heavy atom. The van der Waals surface area contributed by atoms with E-state index in [1.54, 1.807) is 0 Å². The number of benzene rings is 3. The van der Waals surface area contributed by atoms with E-state index in [0.717, 1.165) is 16.8 Å². The summed E-state index contributed by atoms with van der Waals surface area (Å²) >= 11 is 0. The minimum absolute atomic E-state index is 0.126. The SMILES string of the molecule is O=C(CNc1ccccc1-c1ccccc1)Nc1ccc(F)cc1. The van der Waals surface area contributed by atoms with Crippen molar-refractivity contribution in [3.63, 3.8) is 0 Å². The number of amides is 1. The van der Waals surface area contributed by atoms with Gasteiger partial charge in [-0.15, -0.1) is 0 Å². The number of halogens is 1. The fraction of sp³-hybridized carbons (Fsp3) is 0.0500. The fourth-order valence-electron chi connectivity index (χ4n) is 2.42. The quantitative estimate of drug-likeness (QED) is 0.724. The molecular formula is C20H17FN2O. The van der Waals surface area contributed by atoms with Gasteiger partial charge < -0.3 is 10.6 Å². The van der Waals surface area contributed by atoms with Crippen LogP contribution in [0.2, 0.25) is 0 Å². The van der Waals surface area contributed by atoms with Crippen molar-refractivity contribution < 1.29 is 9.18 Å². The van der Waals surface area contributed by atoms with Crippen molar-refractivity contribution >= 4 is 17.3 Å². The molecule has 0 saturated carbocycles. The average Bonchev–Trinajstić information content (AvgIpc) is 2.63. The maximum absolute atomic E-state index is 12.9. The van der Waals surface area contributed by atoms with E-state index in [9.17, 15) is 9.18 Å². The fourth-order valence-corrected chi connectivity index (χ4v) is 2.42. The van der Waals surface area contributed by atoms with Crippen LogP contribution in [0.5, 0.6) is 0 Å². The van der Waals surface area contributed by atoms with Crippen LogP contribution >= 0.6 is 0 Å². The normalized spacial score (nSPS) is 10.2. The third kappa shape index (κ3) is 3.98. The van der Waals surface area contributed by atoms with E-state index in [2.05, 4.69) is 10.6 Å². The molecule has 3 aromatic rings. The van der Waals surface area contributed by atoms with Gasteiger partial charge >= 0.3 is 0 Å². The number of hydrogen-bond donors (Lipinski definition) is 2. The van der Waals surface area contributed by atoms with Gasteiger partial charge in [0.2, 0.25) is 5.91 Å². The van der Waals surface area contributed by atoms with Gasteiger partial charge in [-0.05, 0) is 35.9 Å². The lowest BCUT2D eigenvalue weighted by molar-refractivity contribution is -0.114. The van der Waals surface area contributed by atoms with E-state index in [4.69, 9.17) is 0 Å². The highest BCUT2D eigenvalue weighted by molar-refractivity contribution is 5.94. The molecule has 2 N–H and O–H groups in total. The van der Waals surface area contributed by atoms with Crippen LogP contribution in [0, 0.1) is 5.82 Å². The summed E-state index contributed by atoms with van der Waals surface area (Å²) in [7, 11) is 0. The molecule has 0 aromatic heterocycles. The van der Waals surface area contributed by atoms with Gasteiger partial charge in [-0.25, -0.2) is 4.39 Å². The van der Waals surface area contributed by atoms with Gasteiger partial charge in [0.1, 0.15) is 5.82 Å². The molecule has 0 aliphatic carbocycles. The summed E-state index contributed by atoms with van der Waals surface area (Å²) in [5.74, 6) is -0.521. The van der Waals surface area contributed by atoms with Crippen LogP contribution in [0.15, 0.2) is 78.9 Å². The Labute approximate surface area is 140 Å². The lowest BCUT2D eigenvalue weighted by Gasteiger charge is -2.12. The molecule has 0 radical (unpaired) electrons. The number of anilines is 2. The van der Waals surface area contributed by atoms with Gasteiger partial charge in [-0.1, -0.05) is 48.5 Å². The van der Waals surface area contributed by atoms with Crippen LogP contribution in [0.3, 0.4) is 0 Å². The summed E-state index contributed by atoms with van der Waals surface area (Å²) in [6.45, 7) is 0.126. The van der Waals surface area contributed by atoms with Crippen molar-refractivity contribution in [3.8, 4) is 11.1 Å². The molecule has 3 nitrogen and oxygen atoms in total. The molecule has 0 aliphatic rings. The Balaban J connectivity index is 1.66. The smallest absolute Gasteiger partial charge is 0.243 e. The number of para-hydroxylation sites is 1. The summed E-state index contributed by atoms with van der Waals surface area (Å²) in [5.41, 5.74) is 3.57. The Morgan fingerprint density at radius 3 is 2.25 bits per heavy atom. The van der Waals surface area contributed by atoms with Crippen molar-refractivity contribution in [2.75, 3.05) is 17.2 Å². The van der Waals surface area contributed by atoms with Gasteiger partial charge in [-0.3, -0.25) is 4.79 Å². The third-order valence-corrected chi connectivity index (χ3v) is 3.58. The largest absolute Gasteiger partial charge is 0.376 e. The number of nitrogens with one attached hydrogen (secondary N) is 2. The summed E-state index contributed by atoms with van der Waals surface area (Å²) in [6, 6.07) is 23.5. The van der Waals surface area contributed by atoms with Crippen molar-refractivity contribution in [3.05, 3.63) is 84.7 Å². The molecule has 1 amide bonds. The van der Waals surface area contributed by atoms with Crippen molar-refractivity contribution in [1.82, 2.24) is 0 Å². The molecule has 3 rings (SSSR count). The van der Waals surface area contributed by atoms with E-state index in [-0.39, 0.29) is 18.3 Å². The molecule has 0 aliphatic heterocycles. The molecule has 0 heterocycles. The average molecular weight is 320 g/mol. The van der Waals surface area contributed by atoms with Crippen LogP contribution in [0.4, 0.5) is 15.8 Å². The predicted molar refractivity (Wildman–Crippen MR) is 95.4 cm³/mol. The second-order valence-electron chi connectivity index (χ2n) is 5.32. The molecule has 0 atom stereocenters. The predicted octanol–water partition coefficient (Wildman–Crippen LogP) is 4.54. The monoisotopic (exact) mass is 320 g/mol. The first-order chi connectivity index (χ1) is 11.7. The highest BCUT2D eigenvalue weighted by atomic mass is 19.1. The molecule has 4 heteroatoms. The lowest BCUT2D eigenvalue weighted by Crippen LogP contribution is -2.21. The zero-order chi connectivity index (χ0) is 16.8. The standard InChI is InChI=1S/C20H17FN2O/c21-16-10-12-17(13-11-16)23-20(24)14-22-19-9-5-4-8-18(19)15-6-2-1-3-7-15/h1-13,22H,14H2,(H,23,24). The molecule has 3 aromatic carbocycles. The first-order valence-corrected chi connectivity index (χ1v) is 7.66. The highest BCUT2D eigenvalue weighted by Gasteiger charge is 2.06. The second-order valence-corrected chi connectivity index (χ2v) is 5.32. The lowest BCUT2D eigenvalue weighted by atomic mass is 10.0. The van der Waals surface area contributed by atoms with E-state index < -0.39 is 0 Å². The molecule has 0 bridgehead atoms. The van der Waals surface area contributed by atoms with Crippen molar-refractivity contribution in [2.45, 2.75) is 0 Å². The number of carbonyl (C=O) groups excluding carboxylic acids is 1. The zero-order valence-electron chi connectivity index (χ0n) is 13.0. The Hall–Kier alpha value is -3.14. The molecule has 0 spiro atoms. The van der Waals surface area contributed by atoms with Crippen LogP contribution in [0.25, 0.3) is 11.1 Å². The van der Waals surface area contributed by atoms with Crippen LogP contribution in [-0.4, -0.2) is 12.5 Å². The molecular weight excluding hydrogens is 303 g/mol. The maximum atomic E-state index is 12.9. The molecule has 0 unspecified atom stereocenters. The van der Waals surface area contributed by atoms with Crippen LogP contribution < -0.4 is 10.6 Å². The summed E-state index contributed by atoms with van der Waals surface area (Å²) in [5, 5.41) is 5.89. The second kappa shape index (κ2) is 7.42. The van der Waals surface area contributed by atoms with Crippen molar-refractivity contribution in [1.29, 1.82) is 0 Å². The summed E-state index contributed by atoms with van der Waals surface area (Å²) in [4.78, 5) is 12.1. The number of hydrogen-bond acceptors (Lipinski definition) is 2. The van der Waals surface area contributed by atoms with E-state index in [1.165, 1.54) is 24.3 Å². The van der Waals surface area contributed by atoms with Gasteiger partial charge in [0.25, 0.3) is 0 Å². The minimum atomic E-state index is -0.331. The maximum Gasteiger partial charge on any atom is 0.243 e. The zero-order valence-corrected chi connectivity index (χ0v) is 13.0. The third-order valence-electron chi connectivity index (χ3n) is 3.58. The van der Waals surface area contributed by atoms with E-state index in [1.807, 2.05) is 54.6 Å². The molecule has 0 saturated heterocycles. The van der Waals surface area contributed by atoms with Crippen LogP contribution in [-0.2, 0) is 4.79 Å². The van der Waals surface area contributed by atoms with Gasteiger partial charge in [0.15, 0.2) is 0 Å². The Morgan fingerprint density at radius 1 is 0.833 bits per heavy atom. The number of rotatable bonds is 5. The van der Waals surface area contributed by atoms with Gasteiger partial charge in [0.05, 0.1) is 6.54 Å². The van der Waals surface area contributed by atoms with E-state index >= 15 is 0 Å². The highest BCUT2D eigenvalue weighted by Crippen LogP contribution is 2.27. The molecule has 24 heavy (non-hydrogen) atoms. The first kappa shape index (κ1) is 15.7. The summed E-state index contributed by atoms with van der Waals surface area (Å²) < 4.78 is 12.9. The Bertz CT molecular complexity index is 817. The van der Waals surface area contributed by atoms with E-state index in [0.29, 0.717) is 5.69 Å².